The van der Waals surface area contributed by atoms with Crippen molar-refractivity contribution < 1.29 is 27.1 Å². The summed E-state index contributed by atoms with van der Waals surface area (Å²) in [7, 11) is -11.7. The average Bonchev–Trinajstić information content (AvgIpc) is 3.12. The van der Waals surface area contributed by atoms with Gasteiger partial charge in [-0.25, -0.2) is 0 Å². The van der Waals surface area contributed by atoms with Crippen LogP contribution in [-0.2, 0) is 0 Å². The molecule has 0 fully saturated rings. The van der Waals surface area contributed by atoms with Gasteiger partial charge in [0.1, 0.15) is 34.5 Å². The molecule has 6 aromatic rings. The summed E-state index contributed by atoms with van der Waals surface area (Å²) in [5.74, 6) is 2.81. The Labute approximate surface area is 292 Å². The van der Waals surface area contributed by atoms with Crippen LogP contribution in [0.25, 0.3) is 0 Å². The lowest BCUT2D eigenvalue weighted by atomic mass is 10.2. The second-order valence-electron chi connectivity index (χ2n) is 11.2. The van der Waals surface area contributed by atoms with Gasteiger partial charge in [-0.05, 0) is 86.6 Å². The Morgan fingerprint density at radius 1 is 0.280 bits per heavy atom. The topological polar surface area (TPSA) is 92.5 Å². The normalized spacial score (nSPS) is 15.2. The molecule has 1 aliphatic rings. The van der Waals surface area contributed by atoms with Crippen LogP contribution in [0, 0.1) is 13.8 Å². The third kappa shape index (κ3) is 8.33. The Morgan fingerprint density at radius 3 is 0.700 bits per heavy atom. The van der Waals surface area contributed by atoms with Crippen molar-refractivity contribution in [2.45, 2.75) is 13.8 Å². The third-order valence-electron chi connectivity index (χ3n) is 7.04. The summed E-state index contributed by atoms with van der Waals surface area (Å²) in [6.07, 6.45) is 0. The summed E-state index contributed by atoms with van der Waals surface area (Å²) in [5, 5.41) is 0. The lowest BCUT2D eigenvalue weighted by Gasteiger charge is -2.33. The average molecular weight is 722 g/mol. The number of aryl methyl sites for hydroxylation is 2. The SMILES string of the molecule is Cc1ccc(OP2(Oc3ccc(C)cc3)=NP(Oc3ccccc3)(Oc3ccccc3)=NP(Oc3ccccc3)(Oc3ccccc3)=N2)cc1. The minimum Gasteiger partial charge on any atom is -0.413 e. The highest BCUT2D eigenvalue weighted by molar-refractivity contribution is 7.79. The summed E-state index contributed by atoms with van der Waals surface area (Å²) in [4.78, 5) is 0. The van der Waals surface area contributed by atoms with Crippen LogP contribution in [0.4, 0.5) is 0 Å². The smallest absolute Gasteiger partial charge is 0.413 e. The number of para-hydroxylation sites is 4. The molecule has 252 valence electrons. The first-order chi connectivity index (χ1) is 24.4. The second kappa shape index (κ2) is 14.7. The highest BCUT2D eigenvalue weighted by Gasteiger charge is 2.48. The molecule has 0 saturated carbocycles. The number of hydrogen-bond acceptors (Lipinski definition) is 9. The highest BCUT2D eigenvalue weighted by Crippen LogP contribution is 2.78. The Hall–Kier alpha value is -5.19. The molecule has 1 aliphatic heterocycles. The quantitative estimate of drug-likeness (QED) is 0.117. The molecule has 0 radical (unpaired) electrons. The summed E-state index contributed by atoms with van der Waals surface area (Å²) in [6, 6.07) is 52.1. The van der Waals surface area contributed by atoms with E-state index in [0.29, 0.717) is 34.5 Å². The van der Waals surface area contributed by atoms with E-state index >= 15 is 0 Å². The van der Waals surface area contributed by atoms with Crippen LogP contribution in [-0.4, -0.2) is 0 Å². The zero-order chi connectivity index (χ0) is 34.3. The van der Waals surface area contributed by atoms with Gasteiger partial charge < -0.3 is 27.1 Å². The first-order valence-electron chi connectivity index (χ1n) is 15.8. The maximum Gasteiger partial charge on any atom is 0.460 e. The van der Waals surface area contributed by atoms with Crippen molar-refractivity contribution >= 4 is 23.0 Å². The molecular weight excluding hydrogens is 687 g/mol. The molecule has 0 aromatic heterocycles. The van der Waals surface area contributed by atoms with Gasteiger partial charge in [-0.1, -0.05) is 122 Å². The fourth-order valence-corrected chi connectivity index (χ4v) is 13.8. The molecule has 6 aromatic carbocycles. The molecule has 12 heteroatoms. The molecule has 0 N–H and O–H groups in total. The molecule has 50 heavy (non-hydrogen) atoms. The molecule has 0 aliphatic carbocycles. The molecule has 0 spiro atoms. The second-order valence-corrected chi connectivity index (χ2v) is 17.4. The molecular formula is C38H34N3O6P3. The minimum atomic E-state index is -3.90. The van der Waals surface area contributed by atoms with E-state index in [1.165, 1.54) is 0 Å². The molecule has 7 rings (SSSR count). The van der Waals surface area contributed by atoms with Crippen LogP contribution in [0.3, 0.4) is 0 Å². The van der Waals surface area contributed by atoms with Gasteiger partial charge in [-0.3, -0.25) is 0 Å². The van der Waals surface area contributed by atoms with Crippen molar-refractivity contribution in [2.24, 2.45) is 13.5 Å². The van der Waals surface area contributed by atoms with Crippen molar-refractivity contribution in [3.63, 3.8) is 0 Å². The van der Waals surface area contributed by atoms with E-state index in [-0.39, 0.29) is 0 Å². The van der Waals surface area contributed by atoms with E-state index in [1.54, 1.807) is 0 Å². The molecule has 0 atom stereocenters. The fraction of sp³-hybridized carbons (Fsp3) is 0.0526. The van der Waals surface area contributed by atoms with Crippen LogP contribution in [0.1, 0.15) is 11.1 Å². The zero-order valence-electron chi connectivity index (χ0n) is 27.3. The van der Waals surface area contributed by atoms with Crippen LogP contribution >= 0.6 is 23.0 Å². The van der Waals surface area contributed by atoms with Gasteiger partial charge in [-0.15, -0.1) is 0 Å². The summed E-state index contributed by atoms with van der Waals surface area (Å²) in [6.45, 7) is 4.00. The molecule has 0 unspecified atom stereocenters. The standard InChI is InChI=1S/C38H34N3O6P3/c1-31-23-27-37(28-24-31)46-50(47-38-29-25-32(2)26-30-38)40-48(42-33-15-7-3-8-16-33,43-34-17-9-4-10-18-34)39-49(41-50,44-35-19-11-5-12-20-35)45-36-21-13-6-14-22-36/h3-30H,1-2H3. The summed E-state index contributed by atoms with van der Waals surface area (Å²) >= 11 is 0. The highest BCUT2D eigenvalue weighted by atomic mass is 31.3. The predicted molar refractivity (Wildman–Crippen MR) is 200 cm³/mol. The van der Waals surface area contributed by atoms with E-state index < -0.39 is 23.0 Å². The van der Waals surface area contributed by atoms with Crippen molar-refractivity contribution in [3.05, 3.63) is 181 Å². The molecule has 1 heterocycles. The molecule has 0 saturated heterocycles. The van der Waals surface area contributed by atoms with Crippen molar-refractivity contribution in [1.82, 2.24) is 0 Å². The lowest BCUT2D eigenvalue weighted by Crippen LogP contribution is -2.11. The van der Waals surface area contributed by atoms with Gasteiger partial charge in [0.25, 0.3) is 0 Å². The summed E-state index contributed by atoms with van der Waals surface area (Å²) < 4.78 is 56.4. The van der Waals surface area contributed by atoms with Crippen LogP contribution in [0.2, 0.25) is 0 Å². The van der Waals surface area contributed by atoms with Crippen LogP contribution < -0.4 is 27.1 Å². The van der Waals surface area contributed by atoms with E-state index in [1.807, 2.05) is 184 Å². The van der Waals surface area contributed by atoms with E-state index in [9.17, 15) is 0 Å². The van der Waals surface area contributed by atoms with Gasteiger partial charge in [0.15, 0.2) is 0 Å². The number of nitrogens with zero attached hydrogens (tertiary/aromatic N) is 3. The molecule has 9 nitrogen and oxygen atoms in total. The Morgan fingerprint density at radius 2 is 0.480 bits per heavy atom. The number of hydrogen-bond donors (Lipinski definition) is 0. The Kier molecular flexibility index (Phi) is 9.82. The minimum absolute atomic E-state index is 0.465. The first-order valence-corrected chi connectivity index (χ1v) is 20.4. The summed E-state index contributed by atoms with van der Waals surface area (Å²) in [5.41, 5.74) is 2.11. The monoisotopic (exact) mass is 721 g/mol. The van der Waals surface area contributed by atoms with Gasteiger partial charge in [0.05, 0.1) is 0 Å². The maximum atomic E-state index is 6.82. The van der Waals surface area contributed by atoms with Gasteiger partial charge in [0.2, 0.25) is 0 Å². The van der Waals surface area contributed by atoms with Crippen LogP contribution in [0.5, 0.6) is 34.5 Å². The first kappa shape index (κ1) is 33.3. The Bertz CT molecular complexity index is 1980. The van der Waals surface area contributed by atoms with E-state index in [4.69, 9.17) is 40.7 Å². The zero-order valence-corrected chi connectivity index (χ0v) is 30.0. The number of benzene rings is 6. The van der Waals surface area contributed by atoms with E-state index in [2.05, 4.69) is 0 Å². The third-order valence-corrected chi connectivity index (χ3v) is 15.2. The molecule has 0 amide bonds. The fourth-order valence-electron chi connectivity index (χ4n) is 4.70. The van der Waals surface area contributed by atoms with Gasteiger partial charge in [-0.2, -0.15) is 0 Å². The van der Waals surface area contributed by atoms with Crippen molar-refractivity contribution in [1.29, 1.82) is 0 Å². The van der Waals surface area contributed by atoms with Crippen molar-refractivity contribution in [3.8, 4) is 34.5 Å². The van der Waals surface area contributed by atoms with Gasteiger partial charge in [0, 0.05) is 0 Å². The van der Waals surface area contributed by atoms with E-state index in [0.717, 1.165) is 11.1 Å². The van der Waals surface area contributed by atoms with Gasteiger partial charge >= 0.3 is 23.0 Å². The molecule has 0 bridgehead atoms. The largest absolute Gasteiger partial charge is 0.460 e. The van der Waals surface area contributed by atoms with Crippen molar-refractivity contribution in [2.75, 3.05) is 0 Å². The Balaban J connectivity index is 1.55. The predicted octanol–water partition coefficient (Wildman–Crippen LogP) is 12.9. The number of rotatable bonds is 12. The maximum absolute atomic E-state index is 6.82. The lowest BCUT2D eigenvalue weighted by molar-refractivity contribution is 0.443. The van der Waals surface area contributed by atoms with Crippen LogP contribution in [0.15, 0.2) is 183 Å².